The lowest BCUT2D eigenvalue weighted by molar-refractivity contribution is -0.184. The molecule has 42 heavy (non-hydrogen) atoms. The minimum absolute atomic E-state index is 0.247. The molecule has 0 aliphatic carbocycles. The molecule has 1 aromatic heterocycles. The quantitative estimate of drug-likeness (QED) is 0.247. The number of nitrogens with one attached hydrogen (secondary N) is 1. The number of benzene rings is 2. The van der Waals surface area contributed by atoms with Gasteiger partial charge in [-0.25, -0.2) is 13.1 Å². The highest BCUT2D eigenvalue weighted by Gasteiger charge is 2.38. The Morgan fingerprint density at radius 1 is 1.05 bits per heavy atom. The minimum Gasteiger partial charge on any atom is -0.388 e. The maximum Gasteiger partial charge on any atom is 0.251 e. The predicted molar refractivity (Wildman–Crippen MR) is 164 cm³/mol. The molecule has 11 heteroatoms. The van der Waals surface area contributed by atoms with Crippen LogP contribution >= 0.6 is 0 Å². The third kappa shape index (κ3) is 6.54. The Hall–Kier alpha value is -3.24. The topological polar surface area (TPSA) is 148 Å². The zero-order chi connectivity index (χ0) is 30.6. The molecule has 0 bridgehead atoms. The molecular formula is C31H40N4O6S. The number of aromatic nitrogens is 1. The van der Waals surface area contributed by atoms with Crippen LogP contribution in [0, 0.1) is 11.3 Å². The van der Waals surface area contributed by atoms with Crippen molar-refractivity contribution in [1.29, 1.82) is 5.26 Å². The zero-order valence-corrected chi connectivity index (χ0v) is 25.3. The summed E-state index contributed by atoms with van der Waals surface area (Å²) in [5.41, 5.74) is 3.85. The van der Waals surface area contributed by atoms with Crippen LogP contribution in [0.4, 0.5) is 5.69 Å². The van der Waals surface area contributed by atoms with Gasteiger partial charge in [-0.3, -0.25) is 0 Å². The van der Waals surface area contributed by atoms with Crippen molar-refractivity contribution in [2.75, 3.05) is 31.1 Å². The second-order valence-corrected chi connectivity index (χ2v) is 12.4. The Labute approximate surface area is 247 Å². The second kappa shape index (κ2) is 13.4. The van der Waals surface area contributed by atoms with Crippen LogP contribution in [0.3, 0.4) is 0 Å². The highest BCUT2D eigenvalue weighted by atomic mass is 32.2. The van der Waals surface area contributed by atoms with Gasteiger partial charge in [0.1, 0.15) is 24.4 Å². The molecule has 4 atom stereocenters. The lowest BCUT2D eigenvalue weighted by Crippen LogP contribution is -2.56. The van der Waals surface area contributed by atoms with Crippen molar-refractivity contribution >= 4 is 32.1 Å². The molecule has 4 N–H and O–H groups in total. The normalized spacial score (nSPS) is 21.7. The number of nitriles is 1. The van der Waals surface area contributed by atoms with Gasteiger partial charge in [-0.15, -0.1) is 0 Å². The van der Waals surface area contributed by atoms with Crippen molar-refractivity contribution in [2.24, 2.45) is 7.05 Å². The predicted octanol–water partition coefficient (Wildman–Crippen LogP) is 3.13. The van der Waals surface area contributed by atoms with Gasteiger partial charge < -0.3 is 29.5 Å². The number of hydrogen-bond donors (Lipinski definition) is 4. The number of fused-ring (bicyclic) bond motifs is 1. The smallest absolute Gasteiger partial charge is 0.251 e. The first-order chi connectivity index (χ1) is 20.0. The van der Waals surface area contributed by atoms with E-state index in [1.165, 1.54) is 5.69 Å². The average Bonchev–Trinajstić information content (AvgIpc) is 3.36. The Balaban J connectivity index is 1.58. The molecule has 1 aliphatic rings. The first kappa shape index (κ1) is 31.7. The van der Waals surface area contributed by atoms with Gasteiger partial charge >= 0.3 is 0 Å². The van der Waals surface area contributed by atoms with Gasteiger partial charge in [0.15, 0.2) is 4.91 Å². The summed E-state index contributed by atoms with van der Waals surface area (Å²) in [6.07, 6.45) is -3.12. The first-order valence-corrected chi connectivity index (χ1v) is 15.7. The molecule has 1 fully saturated rings. The van der Waals surface area contributed by atoms with E-state index in [4.69, 9.17) is 4.74 Å². The van der Waals surface area contributed by atoms with E-state index in [0.29, 0.717) is 5.69 Å². The number of allylic oxidation sites excluding steroid dienone is 2. The van der Waals surface area contributed by atoms with Crippen molar-refractivity contribution in [3.63, 3.8) is 0 Å². The molecule has 0 radical (unpaired) electrons. The summed E-state index contributed by atoms with van der Waals surface area (Å²) in [6.45, 7) is 7.33. The largest absolute Gasteiger partial charge is 0.388 e. The van der Waals surface area contributed by atoms with E-state index in [0.717, 1.165) is 48.0 Å². The van der Waals surface area contributed by atoms with Crippen LogP contribution in [0.1, 0.15) is 39.3 Å². The van der Waals surface area contributed by atoms with E-state index in [-0.39, 0.29) is 18.7 Å². The SMILES string of the molecule is CCCN(CCC)c1ccc2cc(-c3ccc(C(C)=C(C#N)S(=O)(=O)NCC4OCC(O)C(O)C4O)n3C)ccc2c1. The van der Waals surface area contributed by atoms with E-state index in [9.17, 15) is 29.0 Å². The third-order valence-corrected chi connectivity index (χ3v) is 9.25. The highest BCUT2D eigenvalue weighted by Crippen LogP contribution is 2.31. The number of anilines is 1. The van der Waals surface area contributed by atoms with Crippen LogP contribution in [0.15, 0.2) is 53.4 Å². The Morgan fingerprint density at radius 3 is 2.38 bits per heavy atom. The van der Waals surface area contributed by atoms with Crippen LogP contribution in [0.5, 0.6) is 0 Å². The molecule has 0 saturated carbocycles. The Kier molecular flexibility index (Phi) is 10.1. The minimum atomic E-state index is -4.28. The number of ether oxygens (including phenoxy) is 1. The monoisotopic (exact) mass is 596 g/mol. The first-order valence-electron chi connectivity index (χ1n) is 14.2. The van der Waals surface area contributed by atoms with Gasteiger partial charge in [0.2, 0.25) is 0 Å². The summed E-state index contributed by atoms with van der Waals surface area (Å²) in [5, 5.41) is 41.7. The van der Waals surface area contributed by atoms with Crippen LogP contribution < -0.4 is 9.62 Å². The van der Waals surface area contributed by atoms with Crippen molar-refractivity contribution in [2.45, 2.75) is 58.0 Å². The van der Waals surface area contributed by atoms with Crippen LogP contribution in [-0.4, -0.2) is 79.0 Å². The van der Waals surface area contributed by atoms with Crippen molar-refractivity contribution in [3.8, 4) is 17.3 Å². The second-order valence-electron chi connectivity index (χ2n) is 10.7. The molecule has 4 rings (SSSR count). The van der Waals surface area contributed by atoms with Gasteiger partial charge in [0.25, 0.3) is 10.0 Å². The summed E-state index contributed by atoms with van der Waals surface area (Å²) in [6, 6.07) is 18.2. The molecule has 0 amide bonds. The van der Waals surface area contributed by atoms with Gasteiger partial charge in [-0.05, 0) is 66.4 Å². The van der Waals surface area contributed by atoms with Crippen molar-refractivity contribution in [3.05, 3.63) is 59.1 Å². The fourth-order valence-electron chi connectivity index (χ4n) is 5.45. The standard InChI is InChI=1S/C31H40N4O6S/c1-5-13-35(14-6-2)24-10-9-21-15-23(8-7-22(21)16-24)26-12-11-25(34(26)4)20(3)29(17-32)42(39,40)33-18-28-31(38)30(37)27(36)19-41-28/h7-12,15-16,27-28,30-31,33,36-38H,5-6,13-14,18-19H2,1-4H3. The van der Waals surface area contributed by atoms with E-state index in [1.807, 2.05) is 29.8 Å². The molecular weight excluding hydrogens is 556 g/mol. The van der Waals surface area contributed by atoms with Crippen LogP contribution in [-0.2, 0) is 21.8 Å². The van der Waals surface area contributed by atoms with Gasteiger partial charge in [0, 0.05) is 49.3 Å². The number of nitrogens with zero attached hydrogens (tertiary/aromatic N) is 3. The van der Waals surface area contributed by atoms with E-state index < -0.39 is 39.3 Å². The third-order valence-electron chi connectivity index (χ3n) is 7.77. The zero-order valence-electron chi connectivity index (χ0n) is 24.5. The average molecular weight is 597 g/mol. The molecule has 2 aromatic carbocycles. The van der Waals surface area contributed by atoms with E-state index >= 15 is 0 Å². The van der Waals surface area contributed by atoms with E-state index in [2.05, 4.69) is 53.8 Å². The summed E-state index contributed by atoms with van der Waals surface area (Å²) in [7, 11) is -2.46. The van der Waals surface area contributed by atoms with E-state index in [1.54, 1.807) is 13.0 Å². The molecule has 2 heterocycles. The lowest BCUT2D eigenvalue weighted by Gasteiger charge is -2.35. The summed E-state index contributed by atoms with van der Waals surface area (Å²) >= 11 is 0. The maximum atomic E-state index is 13.1. The Morgan fingerprint density at radius 2 is 1.71 bits per heavy atom. The number of rotatable bonds is 11. The van der Waals surface area contributed by atoms with Gasteiger partial charge in [-0.2, -0.15) is 5.26 Å². The highest BCUT2D eigenvalue weighted by molar-refractivity contribution is 7.93. The number of sulfonamides is 1. The Bertz CT molecular complexity index is 1590. The lowest BCUT2D eigenvalue weighted by atomic mass is 10.0. The molecule has 226 valence electrons. The molecule has 1 aliphatic heterocycles. The molecule has 10 nitrogen and oxygen atoms in total. The molecule has 0 spiro atoms. The van der Waals surface area contributed by atoms with Crippen molar-refractivity contribution in [1.82, 2.24) is 9.29 Å². The van der Waals surface area contributed by atoms with Gasteiger partial charge in [0.05, 0.1) is 12.7 Å². The fourth-order valence-corrected chi connectivity index (χ4v) is 6.60. The summed E-state index contributed by atoms with van der Waals surface area (Å²) < 4.78 is 35.7. The fraction of sp³-hybridized carbons (Fsp3) is 0.452. The molecule has 3 aromatic rings. The maximum absolute atomic E-state index is 13.1. The molecule has 1 saturated heterocycles. The number of aliphatic hydroxyl groups is 3. The van der Waals surface area contributed by atoms with Crippen molar-refractivity contribution < 1.29 is 28.5 Å². The molecule has 4 unspecified atom stereocenters. The number of aliphatic hydroxyl groups excluding tert-OH is 3. The van der Waals surface area contributed by atoms with Gasteiger partial charge in [-0.1, -0.05) is 32.0 Å². The summed E-state index contributed by atoms with van der Waals surface area (Å²) in [4.78, 5) is 1.94. The van der Waals surface area contributed by atoms with Crippen LogP contribution in [0.2, 0.25) is 0 Å². The van der Waals surface area contributed by atoms with Crippen LogP contribution in [0.25, 0.3) is 27.6 Å². The summed E-state index contributed by atoms with van der Waals surface area (Å²) in [5.74, 6) is 0. The number of hydrogen-bond acceptors (Lipinski definition) is 8.